The van der Waals surface area contributed by atoms with Crippen LogP contribution in [0.1, 0.15) is 13.3 Å². The summed E-state index contributed by atoms with van der Waals surface area (Å²) in [5, 5.41) is 13.3. The van der Waals surface area contributed by atoms with Crippen molar-refractivity contribution in [3.05, 3.63) is 29.0 Å². The Labute approximate surface area is 108 Å². The number of hydrogen-bond donors (Lipinski definition) is 3. The molecule has 0 fully saturated rings. The largest absolute Gasteiger partial charge is 0.481 e. The number of hydrogen-bond acceptors (Lipinski definition) is 2. The van der Waals surface area contributed by atoms with Gasteiger partial charge in [-0.25, -0.2) is 9.18 Å². The minimum absolute atomic E-state index is 0.0415. The van der Waals surface area contributed by atoms with Crippen molar-refractivity contribution in [3.8, 4) is 0 Å². The third-order valence-corrected chi connectivity index (χ3v) is 2.34. The minimum atomic E-state index is -1.01. The van der Waals surface area contributed by atoms with Crippen molar-refractivity contribution in [2.24, 2.45) is 0 Å². The van der Waals surface area contributed by atoms with Crippen molar-refractivity contribution in [3.63, 3.8) is 0 Å². The third kappa shape index (κ3) is 4.58. The lowest BCUT2D eigenvalue weighted by molar-refractivity contribution is -0.137. The Balaban J connectivity index is 2.54. The Hall–Kier alpha value is -1.82. The summed E-state index contributed by atoms with van der Waals surface area (Å²) in [6.07, 6.45) is -0.192. The molecule has 0 heterocycles. The van der Waals surface area contributed by atoms with Gasteiger partial charge in [-0.05, 0) is 25.1 Å². The molecule has 2 amide bonds. The molecule has 7 heteroatoms. The second-order valence-electron chi connectivity index (χ2n) is 3.73. The molecule has 0 aromatic heterocycles. The number of carbonyl (C=O) groups is 2. The zero-order valence-corrected chi connectivity index (χ0v) is 10.3. The van der Waals surface area contributed by atoms with Crippen LogP contribution in [0.2, 0.25) is 5.02 Å². The number of urea groups is 1. The highest BCUT2D eigenvalue weighted by molar-refractivity contribution is 6.30. The molecular formula is C11H12ClFN2O3. The van der Waals surface area contributed by atoms with Crippen LogP contribution in [0.4, 0.5) is 14.9 Å². The van der Waals surface area contributed by atoms with Crippen LogP contribution in [-0.2, 0) is 4.79 Å². The van der Waals surface area contributed by atoms with E-state index in [0.29, 0.717) is 0 Å². The molecule has 1 unspecified atom stereocenters. The molecule has 0 radical (unpaired) electrons. The van der Waals surface area contributed by atoms with Gasteiger partial charge in [0, 0.05) is 11.7 Å². The van der Waals surface area contributed by atoms with Crippen molar-refractivity contribution in [1.82, 2.24) is 5.32 Å². The summed E-state index contributed by atoms with van der Waals surface area (Å²) in [6, 6.07) is 2.69. The minimum Gasteiger partial charge on any atom is -0.481 e. The van der Waals surface area contributed by atoms with E-state index < -0.39 is 23.9 Å². The van der Waals surface area contributed by atoms with E-state index in [1.54, 1.807) is 6.92 Å². The first-order chi connectivity index (χ1) is 8.38. The molecule has 0 aliphatic rings. The van der Waals surface area contributed by atoms with Gasteiger partial charge in [0.2, 0.25) is 0 Å². The molecule has 18 heavy (non-hydrogen) atoms. The molecule has 3 N–H and O–H groups in total. The van der Waals surface area contributed by atoms with E-state index in [1.807, 2.05) is 0 Å². The van der Waals surface area contributed by atoms with Crippen LogP contribution in [0.25, 0.3) is 0 Å². The average Bonchev–Trinajstić information content (AvgIpc) is 2.21. The van der Waals surface area contributed by atoms with Crippen LogP contribution in [-0.4, -0.2) is 23.1 Å². The zero-order valence-electron chi connectivity index (χ0n) is 9.54. The van der Waals surface area contributed by atoms with Crippen molar-refractivity contribution >= 4 is 29.3 Å². The molecule has 0 aliphatic heterocycles. The lowest BCUT2D eigenvalue weighted by Gasteiger charge is -2.12. The summed E-state index contributed by atoms with van der Waals surface area (Å²) in [4.78, 5) is 21.8. The Kier molecular flexibility index (Phi) is 4.91. The van der Waals surface area contributed by atoms with Crippen molar-refractivity contribution in [1.29, 1.82) is 0 Å². The smallest absolute Gasteiger partial charge is 0.319 e. The molecule has 1 aromatic rings. The SMILES string of the molecule is CC(CC(=O)O)NC(=O)Nc1ccc(Cl)c(F)c1. The molecule has 0 saturated heterocycles. The number of benzene rings is 1. The number of halogens is 2. The van der Waals surface area contributed by atoms with E-state index in [1.165, 1.54) is 12.1 Å². The van der Waals surface area contributed by atoms with E-state index in [9.17, 15) is 14.0 Å². The van der Waals surface area contributed by atoms with Gasteiger partial charge in [0.15, 0.2) is 0 Å². The molecule has 0 bridgehead atoms. The van der Waals surface area contributed by atoms with Gasteiger partial charge in [-0.15, -0.1) is 0 Å². The average molecular weight is 275 g/mol. The number of carboxylic acids is 1. The summed E-state index contributed by atoms with van der Waals surface area (Å²) < 4.78 is 13.1. The lowest BCUT2D eigenvalue weighted by Crippen LogP contribution is -2.37. The van der Waals surface area contributed by atoms with Gasteiger partial charge in [0.1, 0.15) is 5.82 Å². The topological polar surface area (TPSA) is 78.4 Å². The molecule has 98 valence electrons. The number of rotatable bonds is 4. The van der Waals surface area contributed by atoms with Gasteiger partial charge >= 0.3 is 12.0 Å². The molecule has 0 spiro atoms. The highest BCUT2D eigenvalue weighted by Gasteiger charge is 2.11. The van der Waals surface area contributed by atoms with E-state index in [4.69, 9.17) is 16.7 Å². The maximum absolute atomic E-state index is 13.1. The molecule has 0 saturated carbocycles. The predicted octanol–water partition coefficient (Wildman–Crippen LogP) is 2.46. The van der Waals surface area contributed by atoms with Gasteiger partial charge in [0.05, 0.1) is 11.4 Å². The Bertz CT molecular complexity index is 468. The zero-order chi connectivity index (χ0) is 13.7. The Morgan fingerprint density at radius 3 is 2.72 bits per heavy atom. The monoisotopic (exact) mass is 274 g/mol. The Morgan fingerprint density at radius 1 is 1.50 bits per heavy atom. The van der Waals surface area contributed by atoms with Crippen LogP contribution in [0.15, 0.2) is 18.2 Å². The van der Waals surface area contributed by atoms with Gasteiger partial charge in [-0.2, -0.15) is 0 Å². The highest BCUT2D eigenvalue weighted by Crippen LogP contribution is 2.18. The fourth-order valence-electron chi connectivity index (χ4n) is 1.28. The van der Waals surface area contributed by atoms with Crippen molar-refractivity contribution in [2.45, 2.75) is 19.4 Å². The highest BCUT2D eigenvalue weighted by atomic mass is 35.5. The van der Waals surface area contributed by atoms with Gasteiger partial charge in [0.25, 0.3) is 0 Å². The number of nitrogens with one attached hydrogen (secondary N) is 2. The first-order valence-electron chi connectivity index (χ1n) is 5.13. The second-order valence-corrected chi connectivity index (χ2v) is 4.13. The molecule has 1 rings (SSSR count). The fraction of sp³-hybridized carbons (Fsp3) is 0.273. The number of aliphatic carboxylic acids is 1. The summed E-state index contributed by atoms with van der Waals surface area (Å²) >= 11 is 5.49. The van der Waals surface area contributed by atoms with Crippen LogP contribution >= 0.6 is 11.6 Å². The molecular weight excluding hydrogens is 263 g/mol. The molecule has 1 atom stereocenters. The number of carboxylic acid groups (broad SMARTS) is 1. The van der Waals surface area contributed by atoms with Crippen molar-refractivity contribution < 1.29 is 19.1 Å². The first kappa shape index (κ1) is 14.2. The van der Waals surface area contributed by atoms with E-state index >= 15 is 0 Å². The molecule has 1 aromatic carbocycles. The van der Waals surface area contributed by atoms with Crippen LogP contribution in [0, 0.1) is 5.82 Å². The van der Waals surface area contributed by atoms with Gasteiger partial charge in [-0.1, -0.05) is 11.6 Å². The van der Waals surface area contributed by atoms with Crippen LogP contribution < -0.4 is 10.6 Å². The van der Waals surface area contributed by atoms with Gasteiger partial charge in [-0.3, -0.25) is 4.79 Å². The molecule has 5 nitrogen and oxygen atoms in total. The maximum Gasteiger partial charge on any atom is 0.319 e. The summed E-state index contributed by atoms with van der Waals surface area (Å²) in [7, 11) is 0. The summed E-state index contributed by atoms with van der Waals surface area (Å²) in [6.45, 7) is 1.55. The van der Waals surface area contributed by atoms with Crippen LogP contribution in [0.3, 0.4) is 0 Å². The summed E-state index contributed by atoms with van der Waals surface area (Å²) in [5.41, 5.74) is 0.233. The second kappa shape index (κ2) is 6.20. The number of carbonyl (C=O) groups excluding carboxylic acids is 1. The van der Waals surface area contributed by atoms with Gasteiger partial charge < -0.3 is 15.7 Å². The van der Waals surface area contributed by atoms with Crippen LogP contribution in [0.5, 0.6) is 0 Å². The van der Waals surface area contributed by atoms with Crippen molar-refractivity contribution in [2.75, 3.05) is 5.32 Å². The lowest BCUT2D eigenvalue weighted by atomic mass is 10.2. The fourth-order valence-corrected chi connectivity index (χ4v) is 1.40. The van der Waals surface area contributed by atoms with E-state index in [-0.39, 0.29) is 17.1 Å². The quantitative estimate of drug-likeness (QED) is 0.789. The predicted molar refractivity (Wildman–Crippen MR) is 65.3 cm³/mol. The summed E-state index contributed by atoms with van der Waals surface area (Å²) in [5.74, 6) is -1.66. The van der Waals surface area contributed by atoms with E-state index in [0.717, 1.165) is 6.07 Å². The standard InChI is InChI=1S/C11H12ClFN2O3/c1-6(4-10(16)17)14-11(18)15-7-2-3-8(12)9(13)5-7/h2-3,5-6H,4H2,1H3,(H,16,17)(H2,14,15,18). The molecule has 0 aliphatic carbocycles. The first-order valence-corrected chi connectivity index (χ1v) is 5.50. The number of amides is 2. The maximum atomic E-state index is 13.1. The Morgan fingerprint density at radius 2 is 2.17 bits per heavy atom. The third-order valence-electron chi connectivity index (χ3n) is 2.04. The normalized spacial score (nSPS) is 11.7. The number of anilines is 1. The van der Waals surface area contributed by atoms with E-state index in [2.05, 4.69) is 10.6 Å².